The molecule has 0 radical (unpaired) electrons. The van der Waals surface area contributed by atoms with Crippen LogP contribution in [0.5, 0.6) is 17.2 Å². The number of methoxy groups -OCH3 is 2. The zero-order valence-corrected chi connectivity index (χ0v) is 12.8. The van der Waals surface area contributed by atoms with Gasteiger partial charge in [0, 0.05) is 0 Å². The van der Waals surface area contributed by atoms with Crippen LogP contribution in [0.3, 0.4) is 0 Å². The average molecular weight is 308 g/mol. The molecule has 0 N–H and O–H groups in total. The van der Waals surface area contributed by atoms with Gasteiger partial charge in [0.25, 0.3) is 0 Å². The highest BCUT2D eigenvalue weighted by atomic mass is 32.2. The second-order valence-corrected chi connectivity index (χ2v) is 5.86. The molecule has 0 saturated carbocycles. The third-order valence-corrected chi connectivity index (χ3v) is 4.13. The lowest BCUT2D eigenvalue weighted by Gasteiger charge is -2.13. The lowest BCUT2D eigenvalue weighted by molar-refractivity contribution is 0.384. The third kappa shape index (κ3) is 3.28. The first kappa shape index (κ1) is 15.2. The molecule has 2 aromatic rings. The van der Waals surface area contributed by atoms with Crippen LogP contribution in [0.25, 0.3) is 0 Å². The summed E-state index contributed by atoms with van der Waals surface area (Å²) in [5, 5.41) is 0. The van der Waals surface area contributed by atoms with Crippen molar-refractivity contribution < 1.29 is 22.1 Å². The second-order valence-electron chi connectivity index (χ2n) is 4.34. The van der Waals surface area contributed by atoms with E-state index in [2.05, 4.69) is 0 Å². The molecule has 0 bridgehead atoms. The normalized spacial score (nSPS) is 11.0. The smallest absolute Gasteiger partial charge is 0.343 e. The molecule has 0 atom stereocenters. The first-order chi connectivity index (χ1) is 9.97. The second kappa shape index (κ2) is 6.05. The number of hydrogen-bond acceptors (Lipinski definition) is 5. The van der Waals surface area contributed by atoms with Gasteiger partial charge in [0.1, 0.15) is 10.6 Å². The van der Waals surface area contributed by atoms with Gasteiger partial charge in [-0.25, -0.2) is 0 Å². The maximum atomic E-state index is 12.4. The molecule has 0 unspecified atom stereocenters. The van der Waals surface area contributed by atoms with Crippen LogP contribution in [-0.2, 0) is 10.1 Å². The Morgan fingerprint density at radius 1 is 0.857 bits per heavy atom. The highest BCUT2D eigenvalue weighted by Gasteiger charge is 2.23. The fourth-order valence-electron chi connectivity index (χ4n) is 1.83. The van der Waals surface area contributed by atoms with Crippen LogP contribution < -0.4 is 13.7 Å². The highest BCUT2D eigenvalue weighted by molar-refractivity contribution is 7.87. The van der Waals surface area contributed by atoms with Crippen LogP contribution in [0.15, 0.2) is 47.4 Å². The minimum absolute atomic E-state index is 0.0323. The van der Waals surface area contributed by atoms with Gasteiger partial charge >= 0.3 is 10.1 Å². The number of ether oxygens (including phenoxy) is 2. The predicted octanol–water partition coefficient (Wildman–Crippen LogP) is 2.78. The van der Waals surface area contributed by atoms with Crippen molar-refractivity contribution in [3.05, 3.63) is 48.0 Å². The van der Waals surface area contributed by atoms with Gasteiger partial charge in [-0.15, -0.1) is 0 Å². The molecule has 112 valence electrons. The minimum atomic E-state index is -4.01. The summed E-state index contributed by atoms with van der Waals surface area (Å²) < 4.78 is 40.1. The number of aryl methyl sites for hydroxylation is 1. The Kier molecular flexibility index (Phi) is 4.37. The average Bonchev–Trinajstić information content (AvgIpc) is 2.48. The summed E-state index contributed by atoms with van der Waals surface area (Å²) in [5.41, 5.74) is 0.939. The third-order valence-electron chi connectivity index (χ3n) is 2.86. The molecule has 0 heterocycles. The number of hydrogen-bond donors (Lipinski definition) is 0. The van der Waals surface area contributed by atoms with E-state index in [-0.39, 0.29) is 16.4 Å². The minimum Gasteiger partial charge on any atom is -0.495 e. The van der Waals surface area contributed by atoms with E-state index in [1.54, 1.807) is 36.4 Å². The van der Waals surface area contributed by atoms with E-state index in [4.69, 9.17) is 13.7 Å². The molecule has 0 spiro atoms. The van der Waals surface area contributed by atoms with Gasteiger partial charge in [-0.1, -0.05) is 18.2 Å². The standard InChI is InChI=1S/C15H16O5S/c1-11-8-9-12(14(10-11)19-3)20-21(16,17)15-7-5-4-6-13(15)18-2/h4-10H,1-3H3. The summed E-state index contributed by atoms with van der Waals surface area (Å²) in [6.45, 7) is 1.88. The van der Waals surface area contributed by atoms with Crippen LogP contribution in [0, 0.1) is 6.92 Å². The predicted molar refractivity (Wildman–Crippen MR) is 78.5 cm³/mol. The fourth-order valence-corrected chi connectivity index (χ4v) is 2.94. The Morgan fingerprint density at radius 3 is 2.19 bits per heavy atom. The molecule has 0 aliphatic rings. The fraction of sp³-hybridized carbons (Fsp3) is 0.200. The SMILES string of the molecule is COc1cc(C)ccc1OS(=O)(=O)c1ccccc1OC. The molecule has 0 aliphatic heterocycles. The lowest BCUT2D eigenvalue weighted by Crippen LogP contribution is -2.11. The first-order valence-electron chi connectivity index (χ1n) is 6.20. The van der Waals surface area contributed by atoms with Gasteiger partial charge in [-0.05, 0) is 36.8 Å². The molecule has 5 nitrogen and oxygen atoms in total. The van der Waals surface area contributed by atoms with Crippen molar-refractivity contribution in [2.75, 3.05) is 14.2 Å². The van der Waals surface area contributed by atoms with Crippen LogP contribution in [0.1, 0.15) is 5.56 Å². The van der Waals surface area contributed by atoms with Crippen LogP contribution in [0.2, 0.25) is 0 Å². The van der Waals surface area contributed by atoms with Crippen molar-refractivity contribution in [3.63, 3.8) is 0 Å². The summed E-state index contributed by atoms with van der Waals surface area (Å²) >= 11 is 0. The van der Waals surface area contributed by atoms with Crippen molar-refractivity contribution in [2.45, 2.75) is 11.8 Å². The van der Waals surface area contributed by atoms with Crippen molar-refractivity contribution in [3.8, 4) is 17.2 Å². The van der Waals surface area contributed by atoms with Gasteiger partial charge < -0.3 is 13.7 Å². The molecule has 0 saturated heterocycles. The van der Waals surface area contributed by atoms with Crippen LogP contribution in [0.4, 0.5) is 0 Å². The van der Waals surface area contributed by atoms with Gasteiger partial charge in [-0.2, -0.15) is 8.42 Å². The van der Waals surface area contributed by atoms with Gasteiger partial charge in [0.15, 0.2) is 11.5 Å². The summed E-state index contributed by atoms with van der Waals surface area (Å²) in [6, 6.07) is 11.3. The zero-order valence-electron chi connectivity index (χ0n) is 12.0. The molecule has 0 aromatic heterocycles. The Hall–Kier alpha value is -2.21. The Balaban J connectivity index is 2.42. The van der Waals surface area contributed by atoms with Gasteiger partial charge in [0.2, 0.25) is 0 Å². The van der Waals surface area contributed by atoms with E-state index in [1.807, 2.05) is 6.92 Å². The molecule has 21 heavy (non-hydrogen) atoms. The van der Waals surface area contributed by atoms with Gasteiger partial charge in [-0.3, -0.25) is 0 Å². The molecule has 2 aromatic carbocycles. The number of benzene rings is 2. The van der Waals surface area contributed by atoms with Crippen molar-refractivity contribution in [1.29, 1.82) is 0 Å². The summed E-state index contributed by atoms with van der Waals surface area (Å²) in [7, 11) is -1.15. The highest BCUT2D eigenvalue weighted by Crippen LogP contribution is 2.32. The quantitative estimate of drug-likeness (QED) is 0.795. The number of rotatable bonds is 5. The van der Waals surface area contributed by atoms with E-state index in [0.717, 1.165) is 5.56 Å². The van der Waals surface area contributed by atoms with Crippen molar-refractivity contribution in [1.82, 2.24) is 0 Å². The summed E-state index contributed by atoms with van der Waals surface area (Å²) in [4.78, 5) is -0.0323. The molecule has 0 fully saturated rings. The van der Waals surface area contributed by atoms with E-state index in [1.165, 1.54) is 20.3 Å². The van der Waals surface area contributed by atoms with Crippen LogP contribution >= 0.6 is 0 Å². The summed E-state index contributed by atoms with van der Waals surface area (Å²) in [5.74, 6) is 0.714. The molecule has 2 rings (SSSR count). The van der Waals surface area contributed by atoms with E-state index in [0.29, 0.717) is 5.75 Å². The first-order valence-corrected chi connectivity index (χ1v) is 7.61. The van der Waals surface area contributed by atoms with E-state index < -0.39 is 10.1 Å². The monoisotopic (exact) mass is 308 g/mol. The largest absolute Gasteiger partial charge is 0.495 e. The summed E-state index contributed by atoms with van der Waals surface area (Å²) in [6.07, 6.45) is 0. The molecular formula is C15H16O5S. The molecule has 0 aliphatic carbocycles. The Labute approximate surface area is 124 Å². The van der Waals surface area contributed by atoms with Gasteiger partial charge in [0.05, 0.1) is 14.2 Å². The topological polar surface area (TPSA) is 61.8 Å². The Morgan fingerprint density at radius 2 is 1.52 bits per heavy atom. The maximum Gasteiger partial charge on any atom is 0.343 e. The van der Waals surface area contributed by atoms with Crippen molar-refractivity contribution >= 4 is 10.1 Å². The number of para-hydroxylation sites is 1. The van der Waals surface area contributed by atoms with E-state index in [9.17, 15) is 8.42 Å². The van der Waals surface area contributed by atoms with E-state index >= 15 is 0 Å². The molecule has 0 amide bonds. The van der Waals surface area contributed by atoms with Crippen molar-refractivity contribution in [2.24, 2.45) is 0 Å². The molecular weight excluding hydrogens is 292 g/mol. The lowest BCUT2D eigenvalue weighted by atomic mass is 10.2. The van der Waals surface area contributed by atoms with Crippen LogP contribution in [-0.4, -0.2) is 22.6 Å². The maximum absolute atomic E-state index is 12.4. The Bertz CT molecular complexity index is 737. The zero-order chi connectivity index (χ0) is 15.5. The molecule has 6 heteroatoms.